The molecule has 126 valence electrons. The summed E-state index contributed by atoms with van der Waals surface area (Å²) in [6.07, 6.45) is 1.60. The van der Waals surface area contributed by atoms with E-state index in [0.717, 1.165) is 27.8 Å². The van der Waals surface area contributed by atoms with Gasteiger partial charge in [-0.3, -0.25) is 0 Å². The normalized spacial score (nSPS) is 10.5. The van der Waals surface area contributed by atoms with E-state index >= 15 is 0 Å². The minimum atomic E-state index is -1.10. The lowest BCUT2D eigenvalue weighted by Gasteiger charge is -2.15. The molecule has 3 aromatic rings. The number of carboxylic acid groups (broad SMARTS) is 1. The highest BCUT2D eigenvalue weighted by Crippen LogP contribution is 2.32. The van der Waals surface area contributed by atoms with Crippen molar-refractivity contribution in [3.63, 3.8) is 0 Å². The molecule has 4 nitrogen and oxygen atoms in total. The number of carbonyl (C=O) groups is 1. The second kappa shape index (κ2) is 7.18. The summed E-state index contributed by atoms with van der Waals surface area (Å²) in [7, 11) is 0. The molecule has 0 atom stereocenters. The van der Waals surface area contributed by atoms with Gasteiger partial charge in [0.25, 0.3) is 0 Å². The molecule has 1 N–H and O–H groups in total. The van der Waals surface area contributed by atoms with Gasteiger partial charge < -0.3 is 9.84 Å². The summed E-state index contributed by atoms with van der Waals surface area (Å²) >= 11 is 0. The van der Waals surface area contributed by atoms with Crippen molar-refractivity contribution in [2.45, 2.75) is 20.5 Å². The van der Waals surface area contributed by atoms with E-state index < -0.39 is 5.97 Å². The number of nitrogens with zero attached hydrogens (tertiary/aromatic N) is 1. The molecule has 0 unspecified atom stereocenters. The third-order valence-corrected chi connectivity index (χ3v) is 4.04. The van der Waals surface area contributed by atoms with Crippen molar-refractivity contribution < 1.29 is 14.6 Å². The second-order valence-electron chi connectivity index (χ2n) is 5.92. The zero-order valence-corrected chi connectivity index (χ0v) is 14.2. The zero-order valence-electron chi connectivity index (χ0n) is 14.2. The number of benzene rings is 2. The first-order valence-corrected chi connectivity index (χ1v) is 8.03. The van der Waals surface area contributed by atoms with E-state index in [-0.39, 0.29) is 5.69 Å². The second-order valence-corrected chi connectivity index (χ2v) is 5.92. The van der Waals surface area contributed by atoms with E-state index in [0.29, 0.717) is 12.4 Å². The van der Waals surface area contributed by atoms with Crippen molar-refractivity contribution in [3.8, 4) is 16.9 Å². The van der Waals surface area contributed by atoms with Crippen LogP contribution in [0.5, 0.6) is 5.75 Å². The highest BCUT2D eigenvalue weighted by Gasteiger charge is 2.19. The summed E-state index contributed by atoms with van der Waals surface area (Å²) in [6, 6.07) is 17.7. The van der Waals surface area contributed by atoms with Gasteiger partial charge in [0.15, 0.2) is 11.4 Å². The SMILES string of the molecule is Cc1cccc(-c2cnc(C(=O)O)c(OCc3ccccc3)c2C)c1. The summed E-state index contributed by atoms with van der Waals surface area (Å²) in [6.45, 7) is 4.18. The summed E-state index contributed by atoms with van der Waals surface area (Å²) in [4.78, 5) is 15.7. The molecule has 0 amide bonds. The van der Waals surface area contributed by atoms with Crippen molar-refractivity contribution in [3.05, 3.63) is 83.2 Å². The number of aromatic carboxylic acids is 1. The van der Waals surface area contributed by atoms with Crippen molar-refractivity contribution in [2.75, 3.05) is 0 Å². The standard InChI is InChI=1S/C21H19NO3/c1-14-7-6-10-17(11-14)18-12-22-19(21(23)24)20(15(18)2)25-13-16-8-4-3-5-9-16/h3-12H,13H2,1-2H3,(H,23,24). The number of aromatic nitrogens is 1. The molecule has 4 heteroatoms. The Morgan fingerprint density at radius 1 is 1.08 bits per heavy atom. The molecule has 0 aliphatic rings. The lowest BCUT2D eigenvalue weighted by atomic mass is 9.99. The molecular weight excluding hydrogens is 314 g/mol. The molecule has 1 heterocycles. The fourth-order valence-corrected chi connectivity index (χ4v) is 2.75. The minimum Gasteiger partial charge on any atom is -0.486 e. The van der Waals surface area contributed by atoms with Crippen LogP contribution in [-0.2, 0) is 6.61 Å². The van der Waals surface area contributed by atoms with Gasteiger partial charge in [-0.2, -0.15) is 0 Å². The lowest BCUT2D eigenvalue weighted by Crippen LogP contribution is -2.08. The third kappa shape index (κ3) is 3.69. The van der Waals surface area contributed by atoms with Crippen LogP contribution < -0.4 is 4.74 Å². The molecule has 0 saturated carbocycles. The predicted octanol–water partition coefficient (Wildman–Crippen LogP) is 4.64. The largest absolute Gasteiger partial charge is 0.486 e. The smallest absolute Gasteiger partial charge is 0.358 e. The quantitative estimate of drug-likeness (QED) is 0.739. The van der Waals surface area contributed by atoms with E-state index in [2.05, 4.69) is 4.98 Å². The van der Waals surface area contributed by atoms with Gasteiger partial charge in [-0.15, -0.1) is 0 Å². The van der Waals surface area contributed by atoms with Gasteiger partial charge >= 0.3 is 5.97 Å². The Bertz CT molecular complexity index is 904. The van der Waals surface area contributed by atoms with Gasteiger partial charge in [0, 0.05) is 17.3 Å². The number of carboxylic acids is 1. The topological polar surface area (TPSA) is 59.4 Å². The Labute approximate surface area is 146 Å². The van der Waals surface area contributed by atoms with Crippen LogP contribution in [0.4, 0.5) is 0 Å². The van der Waals surface area contributed by atoms with E-state index in [4.69, 9.17) is 4.74 Å². The zero-order chi connectivity index (χ0) is 17.8. The monoisotopic (exact) mass is 333 g/mol. The Balaban J connectivity index is 2.02. The summed E-state index contributed by atoms with van der Waals surface area (Å²) < 4.78 is 5.86. The van der Waals surface area contributed by atoms with Crippen LogP contribution in [0.1, 0.15) is 27.2 Å². The maximum absolute atomic E-state index is 11.5. The third-order valence-electron chi connectivity index (χ3n) is 4.04. The summed E-state index contributed by atoms with van der Waals surface area (Å²) in [5.41, 5.74) is 4.67. The minimum absolute atomic E-state index is 0.0650. The van der Waals surface area contributed by atoms with Crippen molar-refractivity contribution in [1.82, 2.24) is 4.98 Å². The van der Waals surface area contributed by atoms with Crippen LogP contribution in [0.2, 0.25) is 0 Å². The van der Waals surface area contributed by atoms with Crippen LogP contribution in [0.15, 0.2) is 60.8 Å². The maximum atomic E-state index is 11.5. The molecule has 1 aromatic heterocycles. The van der Waals surface area contributed by atoms with Gasteiger partial charge in [0.1, 0.15) is 6.61 Å². The van der Waals surface area contributed by atoms with E-state index in [1.807, 2.05) is 68.4 Å². The highest BCUT2D eigenvalue weighted by atomic mass is 16.5. The summed E-state index contributed by atoms with van der Waals surface area (Å²) in [5.74, 6) is -0.780. The molecule has 0 aliphatic carbocycles. The number of pyridine rings is 1. The van der Waals surface area contributed by atoms with Crippen LogP contribution in [0.3, 0.4) is 0 Å². The molecular formula is C21H19NO3. The maximum Gasteiger partial charge on any atom is 0.358 e. The molecule has 3 rings (SSSR count). The van der Waals surface area contributed by atoms with Crippen LogP contribution in [-0.4, -0.2) is 16.1 Å². The fourth-order valence-electron chi connectivity index (χ4n) is 2.75. The fraction of sp³-hybridized carbons (Fsp3) is 0.143. The predicted molar refractivity (Wildman–Crippen MR) is 96.9 cm³/mol. The van der Waals surface area contributed by atoms with Crippen molar-refractivity contribution in [2.24, 2.45) is 0 Å². The molecule has 0 saturated heterocycles. The van der Waals surface area contributed by atoms with Crippen LogP contribution in [0, 0.1) is 13.8 Å². The van der Waals surface area contributed by atoms with E-state index in [9.17, 15) is 9.90 Å². The lowest BCUT2D eigenvalue weighted by molar-refractivity contribution is 0.0684. The van der Waals surface area contributed by atoms with Crippen molar-refractivity contribution in [1.29, 1.82) is 0 Å². The first-order chi connectivity index (χ1) is 12.1. The van der Waals surface area contributed by atoms with E-state index in [1.165, 1.54) is 0 Å². The van der Waals surface area contributed by atoms with E-state index in [1.54, 1.807) is 6.20 Å². The van der Waals surface area contributed by atoms with Crippen LogP contribution in [0.25, 0.3) is 11.1 Å². The highest BCUT2D eigenvalue weighted by molar-refractivity contribution is 5.90. The summed E-state index contributed by atoms with van der Waals surface area (Å²) in [5, 5.41) is 9.45. The van der Waals surface area contributed by atoms with Crippen LogP contribution >= 0.6 is 0 Å². The number of aryl methyl sites for hydroxylation is 1. The number of hydrogen-bond donors (Lipinski definition) is 1. The average molecular weight is 333 g/mol. The number of rotatable bonds is 5. The average Bonchev–Trinajstić information content (AvgIpc) is 2.61. The van der Waals surface area contributed by atoms with Gasteiger partial charge in [-0.05, 0) is 25.0 Å². The van der Waals surface area contributed by atoms with Gasteiger partial charge in [0.2, 0.25) is 0 Å². The number of hydrogen-bond acceptors (Lipinski definition) is 3. The molecule has 0 spiro atoms. The molecule has 2 aromatic carbocycles. The Hall–Kier alpha value is -3.14. The first kappa shape index (κ1) is 16.7. The van der Waals surface area contributed by atoms with Crippen molar-refractivity contribution >= 4 is 5.97 Å². The molecule has 25 heavy (non-hydrogen) atoms. The molecule has 0 fully saturated rings. The Morgan fingerprint density at radius 2 is 1.84 bits per heavy atom. The molecule has 0 aliphatic heterocycles. The molecule has 0 radical (unpaired) electrons. The van der Waals surface area contributed by atoms with Gasteiger partial charge in [0.05, 0.1) is 0 Å². The van der Waals surface area contributed by atoms with Gasteiger partial charge in [-0.25, -0.2) is 9.78 Å². The number of ether oxygens (including phenoxy) is 1. The Kier molecular flexibility index (Phi) is 4.80. The Morgan fingerprint density at radius 3 is 2.52 bits per heavy atom. The van der Waals surface area contributed by atoms with Gasteiger partial charge in [-0.1, -0.05) is 60.2 Å². The molecule has 0 bridgehead atoms. The first-order valence-electron chi connectivity index (χ1n) is 8.03.